The van der Waals surface area contributed by atoms with Crippen molar-refractivity contribution in [3.05, 3.63) is 70.3 Å². The molecule has 0 aromatic heterocycles. The summed E-state index contributed by atoms with van der Waals surface area (Å²) >= 11 is 0. The fourth-order valence-corrected chi connectivity index (χ4v) is 5.26. The molecule has 1 atom stereocenters. The van der Waals surface area contributed by atoms with Crippen molar-refractivity contribution in [2.75, 3.05) is 6.54 Å². The van der Waals surface area contributed by atoms with Crippen molar-refractivity contribution in [1.82, 2.24) is 10.2 Å². The summed E-state index contributed by atoms with van der Waals surface area (Å²) in [4.78, 5) is 40.4. The van der Waals surface area contributed by atoms with Crippen LogP contribution < -0.4 is 5.32 Å². The van der Waals surface area contributed by atoms with Gasteiger partial charge in [-0.1, -0.05) is 36.4 Å². The van der Waals surface area contributed by atoms with E-state index < -0.39 is 11.6 Å². The monoisotopic (exact) mass is 402 g/mol. The molecule has 5 heteroatoms. The van der Waals surface area contributed by atoms with Gasteiger partial charge in [-0.25, -0.2) is 4.79 Å². The van der Waals surface area contributed by atoms with Crippen molar-refractivity contribution >= 4 is 17.7 Å². The van der Waals surface area contributed by atoms with E-state index in [0.29, 0.717) is 12.0 Å². The van der Waals surface area contributed by atoms with Gasteiger partial charge in [0.2, 0.25) is 0 Å². The Morgan fingerprint density at radius 2 is 1.63 bits per heavy atom. The molecule has 5 rings (SSSR count). The summed E-state index contributed by atoms with van der Waals surface area (Å²) in [6, 6.07) is 13.2. The molecule has 154 valence electrons. The van der Waals surface area contributed by atoms with Gasteiger partial charge in [-0.2, -0.15) is 0 Å². The summed E-state index contributed by atoms with van der Waals surface area (Å²) in [5.41, 5.74) is 4.05. The maximum Gasteiger partial charge on any atom is 0.325 e. The molecule has 1 spiro atoms. The van der Waals surface area contributed by atoms with Gasteiger partial charge in [0.25, 0.3) is 5.91 Å². The summed E-state index contributed by atoms with van der Waals surface area (Å²) < 4.78 is 0. The topological polar surface area (TPSA) is 66.5 Å². The van der Waals surface area contributed by atoms with Crippen molar-refractivity contribution in [2.45, 2.75) is 56.9 Å². The number of nitrogens with zero attached hydrogens (tertiary/aromatic N) is 1. The van der Waals surface area contributed by atoms with Gasteiger partial charge in [0.1, 0.15) is 5.54 Å². The quantitative estimate of drug-likeness (QED) is 0.625. The molecular weight excluding hydrogens is 376 g/mol. The third kappa shape index (κ3) is 3.04. The van der Waals surface area contributed by atoms with Crippen molar-refractivity contribution in [3.8, 4) is 0 Å². The number of imide groups is 1. The van der Waals surface area contributed by atoms with E-state index in [-0.39, 0.29) is 18.2 Å². The average molecular weight is 402 g/mol. The van der Waals surface area contributed by atoms with Crippen LogP contribution in [0.15, 0.2) is 42.5 Å². The first-order valence-electron chi connectivity index (χ1n) is 11.0. The van der Waals surface area contributed by atoms with Gasteiger partial charge in [0.15, 0.2) is 5.78 Å². The lowest BCUT2D eigenvalue weighted by atomic mass is 9.84. The van der Waals surface area contributed by atoms with E-state index in [4.69, 9.17) is 0 Å². The highest BCUT2D eigenvalue weighted by Crippen LogP contribution is 2.39. The maximum atomic E-state index is 13.5. The third-order valence-electron chi connectivity index (χ3n) is 6.87. The number of benzene rings is 2. The summed E-state index contributed by atoms with van der Waals surface area (Å²) in [5.74, 6) is -0.487. The lowest BCUT2D eigenvalue weighted by molar-refractivity contribution is -0.131. The molecule has 1 aliphatic heterocycles. The fourth-order valence-electron chi connectivity index (χ4n) is 5.26. The van der Waals surface area contributed by atoms with Crippen LogP contribution in [0.4, 0.5) is 4.79 Å². The third-order valence-corrected chi connectivity index (χ3v) is 6.87. The summed E-state index contributed by atoms with van der Waals surface area (Å²) in [6.07, 6.45) is 7.67. The Hall–Kier alpha value is -2.95. The highest BCUT2D eigenvalue weighted by Gasteiger charge is 2.53. The van der Waals surface area contributed by atoms with Crippen LogP contribution in [0.3, 0.4) is 0 Å². The normalized spacial score (nSPS) is 23.0. The minimum absolute atomic E-state index is 0.189. The van der Waals surface area contributed by atoms with Crippen LogP contribution in [0.25, 0.3) is 0 Å². The van der Waals surface area contributed by atoms with Crippen LogP contribution in [0.2, 0.25) is 0 Å². The van der Waals surface area contributed by atoms with Gasteiger partial charge >= 0.3 is 6.03 Å². The van der Waals surface area contributed by atoms with Gasteiger partial charge in [-0.05, 0) is 79.7 Å². The SMILES string of the molecule is O=C(CN1C(=O)N[C@@]2(CCCCc3ccccc32)C1=O)c1ccc2c(c1)CCCC2. The zero-order chi connectivity index (χ0) is 20.7. The van der Waals surface area contributed by atoms with Gasteiger partial charge in [0, 0.05) is 5.56 Å². The Bertz CT molecular complexity index is 1040. The number of hydrogen-bond donors (Lipinski definition) is 1. The van der Waals surface area contributed by atoms with Gasteiger partial charge < -0.3 is 5.32 Å². The zero-order valence-corrected chi connectivity index (χ0v) is 17.1. The van der Waals surface area contributed by atoms with Crippen molar-refractivity contribution in [1.29, 1.82) is 0 Å². The van der Waals surface area contributed by atoms with E-state index in [1.165, 1.54) is 17.5 Å². The predicted molar refractivity (Wildman–Crippen MR) is 113 cm³/mol. The highest BCUT2D eigenvalue weighted by molar-refractivity contribution is 6.11. The number of nitrogens with one attached hydrogen (secondary N) is 1. The van der Waals surface area contributed by atoms with Crippen LogP contribution in [0.5, 0.6) is 0 Å². The fraction of sp³-hybridized carbons (Fsp3) is 0.400. The summed E-state index contributed by atoms with van der Waals surface area (Å²) in [5, 5.41) is 2.96. The molecule has 1 N–H and O–H groups in total. The number of amides is 3. The molecule has 0 radical (unpaired) electrons. The number of carbonyl (C=O) groups excluding carboxylic acids is 3. The Kier molecular flexibility index (Phi) is 4.69. The number of Topliss-reactive ketones (excluding diaryl/α,β-unsaturated/α-hetero) is 1. The van der Waals surface area contributed by atoms with E-state index in [1.54, 1.807) is 0 Å². The largest absolute Gasteiger partial charge is 0.325 e. The van der Waals surface area contributed by atoms with Crippen molar-refractivity contribution in [3.63, 3.8) is 0 Å². The molecule has 2 aliphatic carbocycles. The van der Waals surface area contributed by atoms with Crippen LogP contribution in [0.1, 0.15) is 64.7 Å². The Labute approximate surface area is 176 Å². The van der Waals surface area contributed by atoms with Gasteiger partial charge in [-0.15, -0.1) is 0 Å². The van der Waals surface area contributed by atoms with E-state index in [0.717, 1.165) is 54.6 Å². The molecule has 5 nitrogen and oxygen atoms in total. The molecule has 1 saturated heterocycles. The van der Waals surface area contributed by atoms with Crippen molar-refractivity contribution < 1.29 is 14.4 Å². The smallest absolute Gasteiger partial charge is 0.319 e. The van der Waals surface area contributed by atoms with E-state index in [1.807, 2.05) is 42.5 Å². The molecule has 3 aliphatic rings. The second kappa shape index (κ2) is 7.38. The number of fused-ring (bicyclic) bond motifs is 3. The van der Waals surface area contributed by atoms with Crippen LogP contribution in [0, 0.1) is 0 Å². The van der Waals surface area contributed by atoms with E-state index in [9.17, 15) is 14.4 Å². The molecule has 3 amide bonds. The molecule has 1 heterocycles. The number of carbonyl (C=O) groups is 3. The standard InChI is InChI=1S/C25H26N2O3/c28-22(20-13-12-17-7-1-2-10-19(17)15-20)16-27-23(29)25(26-24(27)30)14-6-5-9-18-8-3-4-11-21(18)25/h3-4,8,11-13,15H,1-2,5-7,9-10,14,16H2,(H,26,30)/t25-/m1/s1. The maximum absolute atomic E-state index is 13.5. The first kappa shape index (κ1) is 19.0. The summed E-state index contributed by atoms with van der Waals surface area (Å²) in [6.45, 7) is -0.215. The number of rotatable bonds is 3. The highest BCUT2D eigenvalue weighted by atomic mass is 16.2. The van der Waals surface area contributed by atoms with Crippen LogP contribution >= 0.6 is 0 Å². The molecule has 2 aromatic carbocycles. The second-order valence-electron chi connectivity index (χ2n) is 8.70. The Morgan fingerprint density at radius 1 is 0.900 bits per heavy atom. The van der Waals surface area contributed by atoms with Gasteiger partial charge in [-0.3, -0.25) is 14.5 Å². The molecule has 30 heavy (non-hydrogen) atoms. The van der Waals surface area contributed by atoms with Gasteiger partial charge in [0.05, 0.1) is 6.54 Å². The number of hydrogen-bond acceptors (Lipinski definition) is 3. The first-order chi connectivity index (χ1) is 14.6. The minimum Gasteiger partial charge on any atom is -0.319 e. The second-order valence-corrected chi connectivity index (χ2v) is 8.70. The number of urea groups is 1. The molecule has 0 saturated carbocycles. The minimum atomic E-state index is -1.04. The van der Waals surface area contributed by atoms with Crippen LogP contribution in [-0.2, 0) is 29.6 Å². The lowest BCUT2D eigenvalue weighted by Gasteiger charge is -2.27. The molecule has 1 fully saturated rings. The summed E-state index contributed by atoms with van der Waals surface area (Å²) in [7, 11) is 0. The molecule has 0 bridgehead atoms. The molecule has 0 unspecified atom stereocenters. The van der Waals surface area contributed by atoms with Crippen LogP contribution in [-0.4, -0.2) is 29.2 Å². The number of aryl methyl sites for hydroxylation is 3. The lowest BCUT2D eigenvalue weighted by Crippen LogP contribution is -2.44. The molecule has 2 aromatic rings. The average Bonchev–Trinajstić information content (AvgIpc) is 2.91. The van der Waals surface area contributed by atoms with E-state index in [2.05, 4.69) is 5.32 Å². The van der Waals surface area contributed by atoms with E-state index >= 15 is 0 Å². The Morgan fingerprint density at radius 3 is 2.50 bits per heavy atom. The zero-order valence-electron chi connectivity index (χ0n) is 17.1. The number of ketones is 1. The predicted octanol–water partition coefficient (Wildman–Crippen LogP) is 3.92. The first-order valence-corrected chi connectivity index (χ1v) is 11.0. The van der Waals surface area contributed by atoms with Crippen molar-refractivity contribution in [2.24, 2.45) is 0 Å². The molecular formula is C25H26N2O3. The Balaban J connectivity index is 1.42.